The van der Waals surface area contributed by atoms with Gasteiger partial charge in [-0.1, -0.05) is 0 Å². The molecule has 10 nitrogen and oxygen atoms in total. The first-order valence-corrected chi connectivity index (χ1v) is 11.5. The van der Waals surface area contributed by atoms with Gasteiger partial charge in [-0.2, -0.15) is 5.26 Å². The van der Waals surface area contributed by atoms with Crippen molar-refractivity contribution in [2.24, 2.45) is 0 Å². The van der Waals surface area contributed by atoms with Crippen molar-refractivity contribution in [2.75, 3.05) is 32.6 Å². The van der Waals surface area contributed by atoms with Crippen LogP contribution in [-0.2, 0) is 19.7 Å². The number of rotatable bonds is 4. The maximum atomic E-state index is 14.1. The number of likely N-dealkylation sites (tertiary alicyclic amines) is 1. The van der Waals surface area contributed by atoms with Crippen molar-refractivity contribution < 1.29 is 32.7 Å². The molecule has 194 valence electrons. The highest BCUT2D eigenvalue weighted by atomic mass is 19.1. The highest BCUT2D eigenvalue weighted by Gasteiger charge is 2.56. The van der Waals surface area contributed by atoms with Gasteiger partial charge in [0.05, 0.1) is 36.2 Å². The number of carbonyl (C=O) groups is 4. The van der Waals surface area contributed by atoms with E-state index in [1.54, 1.807) is 6.07 Å². The Bertz CT molecular complexity index is 1580. The summed E-state index contributed by atoms with van der Waals surface area (Å²) in [6.07, 6.45) is 0.00319. The van der Waals surface area contributed by atoms with E-state index in [4.69, 9.17) is 4.74 Å². The molecule has 1 fully saturated rings. The van der Waals surface area contributed by atoms with Crippen molar-refractivity contribution in [1.29, 1.82) is 5.26 Å². The molecule has 1 spiro atoms. The second-order valence-electron chi connectivity index (χ2n) is 9.35. The molecule has 3 heterocycles. The number of nitriles is 1. The number of esters is 1. The molecular formula is C26H21F2N5O5. The number of aromatic amines is 1. The van der Waals surface area contributed by atoms with Gasteiger partial charge in [-0.15, -0.1) is 0 Å². The number of carbonyl (C=O) groups excluding carboxylic acids is 4. The van der Waals surface area contributed by atoms with E-state index in [-0.39, 0.29) is 35.1 Å². The summed E-state index contributed by atoms with van der Waals surface area (Å²) in [7, 11) is 2.59. The Labute approximate surface area is 214 Å². The maximum Gasteiger partial charge on any atom is 0.337 e. The number of H-pyrrole nitrogens is 1. The number of ether oxygens (including phenoxy) is 1. The summed E-state index contributed by atoms with van der Waals surface area (Å²) in [6.45, 7) is -0.567. The van der Waals surface area contributed by atoms with Crippen LogP contribution in [0, 0.1) is 23.0 Å². The van der Waals surface area contributed by atoms with E-state index in [2.05, 4.69) is 16.4 Å². The summed E-state index contributed by atoms with van der Waals surface area (Å²) in [5, 5.41) is 12.6. The Hall–Kier alpha value is -4.79. The number of amides is 3. The lowest BCUT2D eigenvalue weighted by atomic mass is 9.79. The van der Waals surface area contributed by atoms with Crippen LogP contribution in [0.25, 0.3) is 10.9 Å². The smallest absolute Gasteiger partial charge is 0.337 e. The monoisotopic (exact) mass is 521 g/mol. The minimum absolute atomic E-state index is 0.00319. The number of likely N-dealkylation sites (N-methyl/N-ethyl adjacent to an activating group) is 1. The molecule has 0 saturated carbocycles. The van der Waals surface area contributed by atoms with Crippen molar-refractivity contribution in [2.45, 2.75) is 17.9 Å². The van der Waals surface area contributed by atoms with Gasteiger partial charge in [-0.05, 0) is 35.9 Å². The van der Waals surface area contributed by atoms with Crippen LogP contribution in [0.15, 0.2) is 36.4 Å². The first kappa shape index (κ1) is 24.9. The summed E-state index contributed by atoms with van der Waals surface area (Å²) < 4.78 is 32.4. The number of nitrogens with one attached hydrogen (secondary N) is 2. The molecule has 38 heavy (non-hydrogen) atoms. The van der Waals surface area contributed by atoms with Gasteiger partial charge in [0.1, 0.15) is 23.4 Å². The minimum atomic E-state index is -1.25. The highest BCUT2D eigenvalue weighted by molar-refractivity contribution is 6.08. The fourth-order valence-electron chi connectivity index (χ4n) is 5.15. The first-order valence-electron chi connectivity index (χ1n) is 11.5. The number of hydrogen-bond donors (Lipinski definition) is 2. The lowest BCUT2D eigenvalue weighted by Gasteiger charge is -2.25. The number of hydrogen-bond acceptors (Lipinski definition) is 6. The van der Waals surface area contributed by atoms with Crippen LogP contribution in [0.1, 0.15) is 32.8 Å². The largest absolute Gasteiger partial charge is 0.465 e. The van der Waals surface area contributed by atoms with Crippen LogP contribution in [-0.4, -0.2) is 71.8 Å². The van der Waals surface area contributed by atoms with Gasteiger partial charge in [0.2, 0.25) is 11.8 Å². The third-order valence-corrected chi connectivity index (χ3v) is 7.07. The van der Waals surface area contributed by atoms with Gasteiger partial charge in [-0.3, -0.25) is 14.4 Å². The molecule has 5 rings (SSSR count). The van der Waals surface area contributed by atoms with Crippen molar-refractivity contribution in [1.82, 2.24) is 14.8 Å². The summed E-state index contributed by atoms with van der Waals surface area (Å²) in [6, 6.07) is 8.68. The number of halogens is 2. The lowest BCUT2D eigenvalue weighted by molar-refractivity contribution is -0.132. The van der Waals surface area contributed by atoms with Crippen molar-refractivity contribution in [3.05, 3.63) is 64.9 Å². The number of methoxy groups -OCH3 is 1. The van der Waals surface area contributed by atoms with Crippen molar-refractivity contribution >= 4 is 40.3 Å². The van der Waals surface area contributed by atoms with Crippen LogP contribution in [0.2, 0.25) is 0 Å². The molecule has 1 saturated heterocycles. The molecule has 0 unspecified atom stereocenters. The number of nitrogens with zero attached hydrogens (tertiary/aromatic N) is 3. The normalized spacial score (nSPS) is 19.8. The Morgan fingerprint density at radius 3 is 2.71 bits per heavy atom. The van der Waals surface area contributed by atoms with Gasteiger partial charge in [-0.25, -0.2) is 13.6 Å². The molecule has 2 aliphatic heterocycles. The van der Waals surface area contributed by atoms with E-state index in [0.29, 0.717) is 17.3 Å². The molecule has 0 bridgehead atoms. The van der Waals surface area contributed by atoms with E-state index in [0.717, 1.165) is 11.0 Å². The number of fused-ring (bicyclic) bond motifs is 3. The number of aromatic nitrogens is 1. The van der Waals surface area contributed by atoms with Gasteiger partial charge < -0.3 is 24.8 Å². The molecule has 12 heteroatoms. The van der Waals surface area contributed by atoms with E-state index in [9.17, 15) is 33.2 Å². The molecule has 2 aromatic carbocycles. The Morgan fingerprint density at radius 1 is 1.24 bits per heavy atom. The summed E-state index contributed by atoms with van der Waals surface area (Å²) in [4.78, 5) is 56.3. The minimum Gasteiger partial charge on any atom is -0.465 e. The van der Waals surface area contributed by atoms with Crippen LogP contribution < -0.4 is 5.32 Å². The summed E-state index contributed by atoms with van der Waals surface area (Å²) in [5.74, 6) is -3.86. The van der Waals surface area contributed by atoms with E-state index in [1.807, 2.05) is 0 Å². The molecule has 2 aliphatic rings. The first-order chi connectivity index (χ1) is 18.1. The third kappa shape index (κ3) is 3.83. The topological polar surface area (TPSA) is 136 Å². The van der Waals surface area contributed by atoms with Crippen molar-refractivity contribution in [3.63, 3.8) is 0 Å². The predicted octanol–water partition coefficient (Wildman–Crippen LogP) is 2.32. The summed E-state index contributed by atoms with van der Waals surface area (Å²) in [5.41, 5.74) is -0.0270. The van der Waals surface area contributed by atoms with Gasteiger partial charge in [0.15, 0.2) is 0 Å². The molecule has 1 aromatic heterocycles. The van der Waals surface area contributed by atoms with E-state index >= 15 is 0 Å². The second kappa shape index (κ2) is 8.95. The van der Waals surface area contributed by atoms with Crippen LogP contribution in [0.3, 0.4) is 0 Å². The molecule has 0 aliphatic carbocycles. The molecule has 2 atom stereocenters. The predicted molar refractivity (Wildman–Crippen MR) is 129 cm³/mol. The van der Waals surface area contributed by atoms with Crippen LogP contribution >= 0.6 is 0 Å². The summed E-state index contributed by atoms with van der Waals surface area (Å²) >= 11 is 0. The molecule has 0 radical (unpaired) electrons. The quantitative estimate of drug-likeness (QED) is 0.506. The van der Waals surface area contributed by atoms with Gasteiger partial charge >= 0.3 is 5.97 Å². The Morgan fingerprint density at radius 2 is 2.00 bits per heavy atom. The Balaban J connectivity index is 1.38. The SMILES string of the molecule is COC(=O)c1ccc2c(c1)[C@@]1(C[C@@H](C#N)N(C(=O)CN(C)C(=O)c3cc4c(F)cc(F)cc4[nH]3)C1)C(=O)N2. The van der Waals surface area contributed by atoms with Crippen LogP contribution in [0.4, 0.5) is 14.5 Å². The molecule has 3 aromatic rings. The average Bonchev–Trinajstić information content (AvgIpc) is 3.57. The zero-order valence-corrected chi connectivity index (χ0v) is 20.3. The maximum absolute atomic E-state index is 14.1. The van der Waals surface area contributed by atoms with E-state index < -0.39 is 53.3 Å². The zero-order valence-electron chi connectivity index (χ0n) is 20.3. The van der Waals surface area contributed by atoms with Gasteiger partial charge in [0.25, 0.3) is 5.91 Å². The Kier molecular flexibility index (Phi) is 5.86. The fourth-order valence-corrected chi connectivity index (χ4v) is 5.15. The lowest BCUT2D eigenvalue weighted by Crippen LogP contribution is -2.45. The van der Waals surface area contributed by atoms with Gasteiger partial charge in [0, 0.05) is 37.2 Å². The molecule has 2 N–H and O–H groups in total. The molecule has 3 amide bonds. The number of benzene rings is 2. The standard InChI is InChI=1S/C26H21F2N5O5/c1-32(23(35)21-8-16-18(28)6-14(27)7-20(16)30-21)11-22(34)33-12-26(9-15(33)10-29)17-5-13(24(36)38-2)3-4-19(17)31-25(26)37/h3-8,15,30H,9,11-12H2,1-2H3,(H,31,37)/t15-,26-/m0/s1. The fraction of sp³-hybridized carbons (Fsp3) is 0.269. The number of anilines is 1. The zero-order chi connectivity index (χ0) is 27.4. The average molecular weight is 521 g/mol. The van der Waals surface area contributed by atoms with Crippen molar-refractivity contribution in [3.8, 4) is 6.07 Å². The third-order valence-electron chi connectivity index (χ3n) is 7.07. The highest BCUT2D eigenvalue weighted by Crippen LogP contribution is 2.46. The molecular weight excluding hydrogens is 500 g/mol. The van der Waals surface area contributed by atoms with E-state index in [1.165, 1.54) is 37.3 Å². The van der Waals surface area contributed by atoms with Crippen LogP contribution in [0.5, 0.6) is 0 Å². The second-order valence-corrected chi connectivity index (χ2v) is 9.35.